The molecule has 0 N–H and O–H groups in total. The molecule has 0 bridgehead atoms. The predicted molar refractivity (Wildman–Crippen MR) is 118 cm³/mol. The van der Waals surface area contributed by atoms with Crippen molar-refractivity contribution in [3.05, 3.63) is 106 Å². The summed E-state index contributed by atoms with van der Waals surface area (Å²) >= 11 is 3.45. The van der Waals surface area contributed by atoms with Gasteiger partial charge >= 0.3 is 0 Å². The summed E-state index contributed by atoms with van der Waals surface area (Å²) in [5.41, 5.74) is 1.36. The van der Waals surface area contributed by atoms with Gasteiger partial charge in [0.05, 0.1) is 0 Å². The number of hydrogen-bond donors (Lipinski definition) is 0. The lowest BCUT2D eigenvalue weighted by molar-refractivity contribution is -0.122. The Morgan fingerprint density at radius 2 is 1.10 bits per heavy atom. The maximum Gasteiger partial charge on any atom is 0.178 e. The highest BCUT2D eigenvalue weighted by atomic mass is 79.9. The first kappa shape index (κ1) is 19.1. The molecule has 0 radical (unpaired) electrons. The van der Waals surface area contributed by atoms with Gasteiger partial charge in [0, 0.05) is 40.3 Å². The fourth-order valence-corrected chi connectivity index (χ4v) is 5.57. The Labute approximate surface area is 183 Å². The van der Waals surface area contributed by atoms with Crippen molar-refractivity contribution in [2.24, 2.45) is 5.41 Å². The summed E-state index contributed by atoms with van der Waals surface area (Å²) in [4.78, 5) is 40.9. The van der Waals surface area contributed by atoms with Crippen molar-refractivity contribution in [2.75, 3.05) is 0 Å². The van der Waals surface area contributed by atoms with Crippen LogP contribution in [0.15, 0.2) is 83.3 Å². The summed E-state index contributed by atoms with van der Waals surface area (Å²) in [5.74, 6) is -1.21. The van der Waals surface area contributed by atoms with Crippen molar-refractivity contribution in [3.8, 4) is 0 Å². The summed E-state index contributed by atoms with van der Waals surface area (Å²) in [6, 6.07) is 24.2. The first-order chi connectivity index (χ1) is 14.5. The smallest absolute Gasteiger partial charge is 0.178 e. The summed E-state index contributed by atoms with van der Waals surface area (Å²) in [6.45, 7) is 0. The largest absolute Gasteiger partial charge is 0.300 e. The molecule has 3 aromatic rings. The minimum absolute atomic E-state index is 0.0824. The highest BCUT2D eigenvalue weighted by Crippen LogP contribution is 2.60. The van der Waals surface area contributed by atoms with Crippen molar-refractivity contribution >= 4 is 33.3 Å². The van der Waals surface area contributed by atoms with Crippen LogP contribution < -0.4 is 0 Å². The van der Waals surface area contributed by atoms with Gasteiger partial charge in [-0.05, 0) is 23.3 Å². The first-order valence-electron chi connectivity index (χ1n) is 10.0. The second-order valence-corrected chi connectivity index (χ2v) is 9.00. The molecule has 0 amide bonds. The predicted octanol–water partition coefficient (Wildman–Crippen LogP) is 5.75. The number of carbonyl (C=O) groups excluding carboxylic acids is 3. The highest BCUT2D eigenvalue weighted by molar-refractivity contribution is 9.10. The van der Waals surface area contributed by atoms with Gasteiger partial charge in [-0.25, -0.2) is 0 Å². The highest BCUT2D eigenvalue weighted by Gasteiger charge is 2.64. The Morgan fingerprint density at radius 3 is 1.63 bits per heavy atom. The Morgan fingerprint density at radius 1 is 0.633 bits per heavy atom. The Hall–Kier alpha value is -2.85. The summed E-state index contributed by atoms with van der Waals surface area (Å²) < 4.78 is 0.911. The second kappa shape index (κ2) is 7.13. The van der Waals surface area contributed by atoms with Crippen LogP contribution >= 0.6 is 15.9 Å². The Kier molecular flexibility index (Phi) is 4.55. The standard InChI is InChI=1S/C26H19BrO3/c27-18-12-10-17(11-13-18)23-15-19(28)14-22(16-6-2-1-3-7-16)26(23)24(29)20-8-4-5-9-21(20)25(26)30/h1-13,22-23H,14-15H2/t22-,23-/m0/s1. The van der Waals surface area contributed by atoms with Crippen LogP contribution in [0.25, 0.3) is 0 Å². The van der Waals surface area contributed by atoms with Gasteiger partial charge in [0.25, 0.3) is 0 Å². The number of Topliss-reactive ketones (excluding diaryl/α,β-unsaturated/α-hetero) is 3. The van der Waals surface area contributed by atoms with E-state index in [1.54, 1.807) is 24.3 Å². The van der Waals surface area contributed by atoms with Gasteiger partial charge in [0.1, 0.15) is 11.2 Å². The Balaban J connectivity index is 1.78. The molecule has 1 fully saturated rings. The molecular weight excluding hydrogens is 440 g/mol. The van der Waals surface area contributed by atoms with Crippen LogP contribution in [0.4, 0.5) is 0 Å². The third kappa shape index (κ3) is 2.67. The molecular formula is C26H19BrO3. The maximum atomic E-state index is 14.0. The van der Waals surface area contributed by atoms with E-state index in [-0.39, 0.29) is 30.2 Å². The summed E-state index contributed by atoms with van der Waals surface area (Å²) in [6.07, 6.45) is 0.388. The number of rotatable bonds is 2. The third-order valence-corrected chi connectivity index (χ3v) is 7.13. The minimum atomic E-state index is -1.30. The normalized spacial score (nSPS) is 22.4. The van der Waals surface area contributed by atoms with E-state index in [2.05, 4.69) is 15.9 Å². The third-order valence-electron chi connectivity index (χ3n) is 6.60. The zero-order chi connectivity index (χ0) is 20.9. The van der Waals surface area contributed by atoms with E-state index >= 15 is 0 Å². The average Bonchev–Trinajstić information content (AvgIpc) is 2.99. The fourth-order valence-electron chi connectivity index (χ4n) is 5.31. The molecule has 4 heteroatoms. The molecule has 0 saturated heterocycles. The van der Waals surface area contributed by atoms with Gasteiger partial charge in [-0.1, -0.05) is 82.7 Å². The van der Waals surface area contributed by atoms with Crippen LogP contribution in [0.1, 0.15) is 56.5 Å². The van der Waals surface area contributed by atoms with Crippen molar-refractivity contribution < 1.29 is 14.4 Å². The molecule has 3 nitrogen and oxygen atoms in total. The lowest BCUT2D eigenvalue weighted by Crippen LogP contribution is -2.49. The van der Waals surface area contributed by atoms with Crippen LogP contribution in [0.3, 0.4) is 0 Å². The van der Waals surface area contributed by atoms with Crippen molar-refractivity contribution in [2.45, 2.75) is 24.7 Å². The number of halogens is 1. The molecule has 5 rings (SSSR count). The van der Waals surface area contributed by atoms with E-state index in [1.165, 1.54) is 0 Å². The van der Waals surface area contributed by atoms with Crippen LogP contribution in [0.5, 0.6) is 0 Å². The van der Waals surface area contributed by atoms with Gasteiger partial charge in [-0.3, -0.25) is 14.4 Å². The van der Waals surface area contributed by atoms with Gasteiger partial charge in [-0.2, -0.15) is 0 Å². The number of fused-ring (bicyclic) bond motifs is 1. The van der Waals surface area contributed by atoms with E-state index in [4.69, 9.17) is 0 Å². The molecule has 0 aliphatic heterocycles. The second-order valence-electron chi connectivity index (χ2n) is 8.09. The monoisotopic (exact) mass is 458 g/mol. The lowest BCUT2D eigenvalue weighted by Gasteiger charge is -2.44. The molecule has 1 spiro atoms. The fraction of sp³-hybridized carbons (Fsp3) is 0.192. The molecule has 0 aromatic heterocycles. The topological polar surface area (TPSA) is 51.2 Å². The van der Waals surface area contributed by atoms with E-state index in [1.807, 2.05) is 54.6 Å². The van der Waals surface area contributed by atoms with E-state index in [0.29, 0.717) is 11.1 Å². The van der Waals surface area contributed by atoms with Gasteiger partial charge < -0.3 is 0 Å². The van der Waals surface area contributed by atoms with Gasteiger partial charge in [0.15, 0.2) is 11.6 Å². The average molecular weight is 459 g/mol. The Bertz CT molecular complexity index is 1130. The van der Waals surface area contributed by atoms with E-state index in [0.717, 1.165) is 15.6 Å². The van der Waals surface area contributed by atoms with Crippen molar-refractivity contribution in [1.29, 1.82) is 0 Å². The molecule has 0 unspecified atom stereocenters. The molecule has 3 aromatic carbocycles. The first-order valence-corrected chi connectivity index (χ1v) is 10.8. The van der Waals surface area contributed by atoms with E-state index in [9.17, 15) is 14.4 Å². The van der Waals surface area contributed by atoms with Crippen LogP contribution in [-0.4, -0.2) is 17.3 Å². The minimum Gasteiger partial charge on any atom is -0.300 e. The molecule has 0 heterocycles. The lowest BCUT2D eigenvalue weighted by atomic mass is 9.54. The zero-order valence-electron chi connectivity index (χ0n) is 16.2. The zero-order valence-corrected chi connectivity index (χ0v) is 17.8. The van der Waals surface area contributed by atoms with Gasteiger partial charge in [0.2, 0.25) is 0 Å². The van der Waals surface area contributed by atoms with Gasteiger partial charge in [-0.15, -0.1) is 0 Å². The number of hydrogen-bond acceptors (Lipinski definition) is 3. The quantitative estimate of drug-likeness (QED) is 0.459. The van der Waals surface area contributed by atoms with Crippen LogP contribution in [0.2, 0.25) is 0 Å². The van der Waals surface area contributed by atoms with Crippen LogP contribution in [0, 0.1) is 5.41 Å². The molecule has 1 saturated carbocycles. The molecule has 30 heavy (non-hydrogen) atoms. The molecule has 2 atom stereocenters. The molecule has 148 valence electrons. The summed E-state index contributed by atoms with van der Waals surface area (Å²) in [7, 11) is 0. The molecule has 2 aliphatic rings. The SMILES string of the molecule is O=C1C[C@@H](c2ccccc2)C2(C(=O)c3ccccc3C2=O)[C@H](c2ccc(Br)cc2)C1. The maximum absolute atomic E-state index is 14.0. The van der Waals surface area contributed by atoms with E-state index < -0.39 is 17.3 Å². The number of carbonyl (C=O) groups is 3. The number of ketones is 3. The molecule has 2 aliphatic carbocycles. The summed E-state index contributed by atoms with van der Waals surface area (Å²) in [5, 5.41) is 0. The van der Waals surface area contributed by atoms with Crippen molar-refractivity contribution in [1.82, 2.24) is 0 Å². The van der Waals surface area contributed by atoms with Crippen molar-refractivity contribution in [3.63, 3.8) is 0 Å². The number of benzene rings is 3. The van der Waals surface area contributed by atoms with Crippen LogP contribution in [-0.2, 0) is 4.79 Å².